The zero-order chi connectivity index (χ0) is 11.8. The van der Waals surface area contributed by atoms with Crippen LogP contribution in [0.1, 0.15) is 37.6 Å². The highest BCUT2D eigenvalue weighted by atomic mass is 16.5. The zero-order valence-electron chi connectivity index (χ0n) is 10.6. The fourth-order valence-electron chi connectivity index (χ4n) is 2.87. The number of nitrogens with zero attached hydrogens (tertiary/aromatic N) is 2. The van der Waals surface area contributed by atoms with Crippen LogP contribution in [0.5, 0.6) is 0 Å². The molecule has 3 rings (SSSR count). The molecule has 1 aromatic heterocycles. The first-order chi connectivity index (χ1) is 8.22. The molecule has 1 N–H and O–H groups in total. The van der Waals surface area contributed by atoms with Gasteiger partial charge in [-0.2, -0.15) is 0 Å². The maximum absolute atomic E-state index is 5.07. The van der Waals surface area contributed by atoms with Crippen molar-refractivity contribution in [2.24, 2.45) is 0 Å². The van der Waals surface area contributed by atoms with Gasteiger partial charge in [0.1, 0.15) is 5.76 Å². The van der Waals surface area contributed by atoms with E-state index in [1.165, 1.54) is 25.8 Å². The van der Waals surface area contributed by atoms with Gasteiger partial charge in [0.05, 0.1) is 5.69 Å². The van der Waals surface area contributed by atoms with Gasteiger partial charge in [0.2, 0.25) is 0 Å². The van der Waals surface area contributed by atoms with Crippen LogP contribution in [0, 0.1) is 6.92 Å². The van der Waals surface area contributed by atoms with Crippen LogP contribution < -0.4 is 5.32 Å². The van der Waals surface area contributed by atoms with E-state index >= 15 is 0 Å². The minimum Gasteiger partial charge on any atom is -0.361 e. The van der Waals surface area contributed by atoms with Crippen molar-refractivity contribution in [3.8, 4) is 0 Å². The number of likely N-dealkylation sites (tertiary alicyclic amines) is 1. The van der Waals surface area contributed by atoms with Crippen molar-refractivity contribution in [3.05, 3.63) is 17.5 Å². The number of hydrogen-bond acceptors (Lipinski definition) is 4. The molecule has 1 aromatic rings. The van der Waals surface area contributed by atoms with E-state index in [0.717, 1.165) is 30.1 Å². The molecule has 2 atom stereocenters. The molecule has 4 heteroatoms. The molecule has 0 radical (unpaired) electrons. The van der Waals surface area contributed by atoms with E-state index in [1.54, 1.807) is 0 Å². The molecule has 2 aliphatic rings. The lowest BCUT2D eigenvalue weighted by atomic mass is 10.2. The minimum atomic E-state index is 0.614. The molecule has 0 spiro atoms. The molecule has 1 aliphatic carbocycles. The molecule has 0 amide bonds. The van der Waals surface area contributed by atoms with Gasteiger partial charge in [-0.05, 0) is 33.1 Å². The van der Waals surface area contributed by atoms with Crippen LogP contribution in [0.15, 0.2) is 10.6 Å². The van der Waals surface area contributed by atoms with Crippen LogP contribution in [-0.4, -0.2) is 34.7 Å². The number of aromatic nitrogens is 1. The number of aryl methyl sites for hydroxylation is 1. The molecule has 2 unspecified atom stereocenters. The first kappa shape index (κ1) is 11.2. The third-order valence-corrected chi connectivity index (χ3v) is 3.89. The summed E-state index contributed by atoms with van der Waals surface area (Å²) in [7, 11) is 0. The van der Waals surface area contributed by atoms with Gasteiger partial charge in [-0.25, -0.2) is 0 Å². The van der Waals surface area contributed by atoms with E-state index in [0.29, 0.717) is 6.04 Å². The Balaban J connectivity index is 1.49. The van der Waals surface area contributed by atoms with Gasteiger partial charge in [0.25, 0.3) is 0 Å². The molecule has 2 heterocycles. The summed E-state index contributed by atoms with van der Waals surface area (Å²) in [6.07, 6.45) is 4.06. The van der Waals surface area contributed by atoms with E-state index in [-0.39, 0.29) is 0 Å². The van der Waals surface area contributed by atoms with Crippen molar-refractivity contribution in [3.63, 3.8) is 0 Å². The maximum atomic E-state index is 5.07. The zero-order valence-corrected chi connectivity index (χ0v) is 10.6. The second kappa shape index (κ2) is 4.42. The molecular weight excluding hydrogens is 214 g/mol. The summed E-state index contributed by atoms with van der Waals surface area (Å²) in [5.74, 6) is 0.890. The van der Waals surface area contributed by atoms with Gasteiger partial charge in [-0.3, -0.25) is 4.90 Å². The van der Waals surface area contributed by atoms with Crippen LogP contribution in [0.25, 0.3) is 0 Å². The molecule has 1 aliphatic heterocycles. The Morgan fingerprint density at radius 3 is 3.00 bits per heavy atom. The van der Waals surface area contributed by atoms with Gasteiger partial charge in [-0.15, -0.1) is 0 Å². The largest absolute Gasteiger partial charge is 0.361 e. The van der Waals surface area contributed by atoms with Crippen LogP contribution >= 0.6 is 0 Å². The summed E-state index contributed by atoms with van der Waals surface area (Å²) in [4.78, 5) is 2.66. The molecule has 2 fully saturated rings. The van der Waals surface area contributed by atoms with Gasteiger partial charge >= 0.3 is 0 Å². The Labute approximate surface area is 102 Å². The van der Waals surface area contributed by atoms with E-state index in [2.05, 4.69) is 22.3 Å². The molecule has 4 nitrogen and oxygen atoms in total. The number of rotatable bonds is 4. The SMILES string of the molecule is Cc1cc(CNC2CC(C)N(C3CC3)C2)no1. The maximum Gasteiger partial charge on any atom is 0.133 e. The summed E-state index contributed by atoms with van der Waals surface area (Å²) >= 11 is 0. The lowest BCUT2D eigenvalue weighted by molar-refractivity contribution is 0.255. The molecule has 94 valence electrons. The van der Waals surface area contributed by atoms with Crippen molar-refractivity contribution >= 4 is 0 Å². The monoisotopic (exact) mass is 235 g/mol. The quantitative estimate of drug-likeness (QED) is 0.862. The lowest BCUT2D eigenvalue weighted by Crippen LogP contribution is -2.33. The fourth-order valence-corrected chi connectivity index (χ4v) is 2.87. The van der Waals surface area contributed by atoms with Crippen LogP contribution in [-0.2, 0) is 6.54 Å². The summed E-state index contributed by atoms with van der Waals surface area (Å²) in [5, 5.41) is 7.60. The number of nitrogens with one attached hydrogen (secondary N) is 1. The van der Waals surface area contributed by atoms with E-state index < -0.39 is 0 Å². The third kappa shape index (κ3) is 2.53. The smallest absolute Gasteiger partial charge is 0.133 e. The van der Waals surface area contributed by atoms with Gasteiger partial charge in [0, 0.05) is 37.3 Å². The number of hydrogen-bond donors (Lipinski definition) is 1. The van der Waals surface area contributed by atoms with Crippen molar-refractivity contribution < 1.29 is 4.52 Å². The van der Waals surface area contributed by atoms with Gasteiger partial charge in [0.15, 0.2) is 0 Å². The first-order valence-electron chi connectivity index (χ1n) is 6.63. The van der Waals surface area contributed by atoms with Crippen LogP contribution in [0.4, 0.5) is 0 Å². The normalized spacial score (nSPS) is 30.0. The average molecular weight is 235 g/mol. The molecule has 17 heavy (non-hydrogen) atoms. The highest BCUT2D eigenvalue weighted by Crippen LogP contribution is 2.33. The molecular formula is C13H21N3O. The Morgan fingerprint density at radius 1 is 1.53 bits per heavy atom. The van der Waals surface area contributed by atoms with E-state index in [1.807, 2.05) is 13.0 Å². The molecule has 0 bridgehead atoms. The van der Waals surface area contributed by atoms with Crippen LogP contribution in [0.2, 0.25) is 0 Å². The summed E-state index contributed by atoms with van der Waals surface area (Å²) < 4.78 is 5.07. The second-order valence-electron chi connectivity index (χ2n) is 5.52. The van der Waals surface area contributed by atoms with Crippen molar-refractivity contribution in [2.45, 2.75) is 57.8 Å². The Morgan fingerprint density at radius 2 is 2.35 bits per heavy atom. The predicted molar refractivity (Wildman–Crippen MR) is 65.7 cm³/mol. The molecule has 1 saturated carbocycles. The Hall–Kier alpha value is -0.870. The summed E-state index contributed by atoms with van der Waals surface area (Å²) in [5.41, 5.74) is 1.01. The van der Waals surface area contributed by atoms with E-state index in [9.17, 15) is 0 Å². The fraction of sp³-hybridized carbons (Fsp3) is 0.769. The molecule has 0 aromatic carbocycles. The summed E-state index contributed by atoms with van der Waals surface area (Å²) in [6.45, 7) is 6.30. The highest BCUT2D eigenvalue weighted by molar-refractivity contribution is 5.04. The third-order valence-electron chi connectivity index (χ3n) is 3.89. The molecule has 1 saturated heterocycles. The van der Waals surface area contributed by atoms with Crippen molar-refractivity contribution in [2.75, 3.05) is 6.54 Å². The van der Waals surface area contributed by atoms with Crippen molar-refractivity contribution in [1.29, 1.82) is 0 Å². The average Bonchev–Trinajstić information content (AvgIpc) is 2.95. The topological polar surface area (TPSA) is 41.3 Å². The Kier molecular flexibility index (Phi) is 2.92. The lowest BCUT2D eigenvalue weighted by Gasteiger charge is -2.19. The van der Waals surface area contributed by atoms with Crippen molar-refractivity contribution in [1.82, 2.24) is 15.4 Å². The standard InChI is InChI=1S/C13H21N3O/c1-9-5-12(8-16(9)13-3-4-13)14-7-11-6-10(2)17-15-11/h6,9,12-14H,3-5,7-8H2,1-2H3. The minimum absolute atomic E-state index is 0.614. The van der Waals surface area contributed by atoms with Gasteiger partial charge in [-0.1, -0.05) is 5.16 Å². The van der Waals surface area contributed by atoms with E-state index in [4.69, 9.17) is 4.52 Å². The predicted octanol–water partition coefficient (Wildman–Crippen LogP) is 1.70. The summed E-state index contributed by atoms with van der Waals surface area (Å²) in [6, 6.07) is 4.23. The highest BCUT2D eigenvalue weighted by Gasteiger charge is 2.38. The van der Waals surface area contributed by atoms with Crippen LogP contribution in [0.3, 0.4) is 0 Å². The van der Waals surface area contributed by atoms with Gasteiger partial charge < -0.3 is 9.84 Å². The second-order valence-corrected chi connectivity index (χ2v) is 5.52. The Bertz CT molecular complexity index is 386. The first-order valence-corrected chi connectivity index (χ1v) is 6.63.